The second-order valence-corrected chi connectivity index (χ2v) is 5.54. The third kappa shape index (κ3) is 1.48. The van der Waals surface area contributed by atoms with E-state index in [2.05, 4.69) is 28.6 Å². The number of hydrogen-bond acceptors (Lipinski definition) is 3. The number of rotatable bonds is 1. The number of carbonyl (C=O) groups is 1. The molecular weight excluding hydrogens is 220 g/mol. The zero-order valence-corrected chi connectivity index (χ0v) is 10.2. The fourth-order valence-corrected chi connectivity index (χ4v) is 3.90. The summed E-state index contributed by atoms with van der Waals surface area (Å²) in [5, 5.41) is 5.71. The van der Waals surface area contributed by atoms with Crippen LogP contribution in [-0.2, 0) is 4.79 Å². The monoisotopic (exact) mass is 236 g/mol. The Labute approximate surface area is 99.5 Å². The van der Waals surface area contributed by atoms with Crippen LogP contribution in [0.15, 0.2) is 11.4 Å². The Kier molecular flexibility index (Phi) is 2.48. The number of fused-ring (bicyclic) bond motifs is 1. The Bertz CT molecular complexity index is 415. The van der Waals surface area contributed by atoms with Gasteiger partial charge in [-0.3, -0.25) is 4.79 Å². The molecule has 2 atom stereocenters. The van der Waals surface area contributed by atoms with Gasteiger partial charge in [-0.15, -0.1) is 11.3 Å². The highest BCUT2D eigenvalue weighted by Crippen LogP contribution is 2.35. The minimum Gasteiger partial charge on any atom is -0.336 e. The third-order valence-corrected chi connectivity index (χ3v) is 4.76. The average molecular weight is 236 g/mol. The Morgan fingerprint density at radius 1 is 1.56 bits per heavy atom. The van der Waals surface area contributed by atoms with Gasteiger partial charge in [-0.2, -0.15) is 0 Å². The van der Waals surface area contributed by atoms with Crippen molar-refractivity contribution < 1.29 is 4.79 Å². The lowest BCUT2D eigenvalue weighted by molar-refractivity contribution is -0.130. The van der Waals surface area contributed by atoms with Crippen molar-refractivity contribution in [3.8, 4) is 0 Å². The van der Waals surface area contributed by atoms with Crippen LogP contribution in [0.1, 0.15) is 29.3 Å². The van der Waals surface area contributed by atoms with Crippen LogP contribution < -0.4 is 5.32 Å². The molecule has 0 bridgehead atoms. The number of hydrogen-bond donors (Lipinski definition) is 1. The van der Waals surface area contributed by atoms with Crippen LogP contribution in [0.4, 0.5) is 0 Å². The van der Waals surface area contributed by atoms with E-state index in [4.69, 9.17) is 0 Å². The average Bonchev–Trinajstić information content (AvgIpc) is 2.86. The fourth-order valence-electron chi connectivity index (χ4n) is 2.84. The highest BCUT2D eigenvalue weighted by molar-refractivity contribution is 7.10. The molecule has 0 aliphatic carbocycles. The molecule has 1 unspecified atom stereocenters. The number of amides is 1. The highest BCUT2D eigenvalue weighted by Gasteiger charge is 2.40. The first-order valence-corrected chi connectivity index (χ1v) is 6.72. The molecule has 2 aliphatic heterocycles. The number of piperazine rings is 1. The van der Waals surface area contributed by atoms with E-state index in [-0.39, 0.29) is 0 Å². The minimum atomic E-state index is 0.339. The van der Waals surface area contributed by atoms with Crippen molar-refractivity contribution in [2.45, 2.75) is 31.8 Å². The molecule has 3 rings (SSSR count). The largest absolute Gasteiger partial charge is 0.336 e. The summed E-state index contributed by atoms with van der Waals surface area (Å²) in [4.78, 5) is 15.2. The maximum absolute atomic E-state index is 11.7. The van der Waals surface area contributed by atoms with E-state index in [0.717, 1.165) is 25.9 Å². The van der Waals surface area contributed by atoms with Crippen LogP contribution in [-0.4, -0.2) is 29.9 Å². The fraction of sp³-hybridized carbons (Fsp3) is 0.583. The lowest BCUT2D eigenvalue weighted by Crippen LogP contribution is -2.51. The summed E-state index contributed by atoms with van der Waals surface area (Å²) in [5.74, 6) is 0.339. The smallest absolute Gasteiger partial charge is 0.223 e. The SMILES string of the molecule is Cc1ccsc1C1NCCN2C(=O)CC[C@@H]12. The summed E-state index contributed by atoms with van der Waals surface area (Å²) < 4.78 is 0. The quantitative estimate of drug-likeness (QED) is 0.805. The summed E-state index contributed by atoms with van der Waals surface area (Å²) >= 11 is 1.81. The molecule has 16 heavy (non-hydrogen) atoms. The molecule has 1 aromatic heterocycles. The van der Waals surface area contributed by atoms with Crippen molar-refractivity contribution in [1.82, 2.24) is 10.2 Å². The van der Waals surface area contributed by atoms with E-state index in [1.165, 1.54) is 10.4 Å². The predicted octanol–water partition coefficient (Wildman–Crippen LogP) is 1.69. The molecule has 2 aliphatic rings. The lowest BCUT2D eigenvalue weighted by atomic mass is 10.00. The van der Waals surface area contributed by atoms with E-state index in [1.807, 2.05) is 0 Å². The van der Waals surface area contributed by atoms with Crippen LogP contribution in [0.5, 0.6) is 0 Å². The minimum absolute atomic E-state index is 0.339. The van der Waals surface area contributed by atoms with Gasteiger partial charge in [0.15, 0.2) is 0 Å². The Morgan fingerprint density at radius 2 is 2.44 bits per heavy atom. The molecule has 3 heterocycles. The van der Waals surface area contributed by atoms with Crippen molar-refractivity contribution in [2.24, 2.45) is 0 Å². The molecule has 2 fully saturated rings. The number of carbonyl (C=O) groups excluding carboxylic acids is 1. The van der Waals surface area contributed by atoms with E-state index in [0.29, 0.717) is 18.0 Å². The van der Waals surface area contributed by atoms with E-state index < -0.39 is 0 Å². The normalized spacial score (nSPS) is 29.6. The van der Waals surface area contributed by atoms with E-state index in [9.17, 15) is 4.79 Å². The van der Waals surface area contributed by atoms with Crippen LogP contribution in [0.2, 0.25) is 0 Å². The first kappa shape index (κ1) is 10.3. The van der Waals surface area contributed by atoms with Crippen LogP contribution in [0.3, 0.4) is 0 Å². The molecule has 2 saturated heterocycles. The summed E-state index contributed by atoms with van der Waals surface area (Å²) in [5.41, 5.74) is 1.35. The van der Waals surface area contributed by atoms with Gasteiger partial charge in [-0.25, -0.2) is 0 Å². The van der Waals surface area contributed by atoms with Crippen molar-refractivity contribution in [2.75, 3.05) is 13.1 Å². The van der Waals surface area contributed by atoms with Crippen molar-refractivity contribution >= 4 is 17.2 Å². The second kappa shape index (κ2) is 3.86. The van der Waals surface area contributed by atoms with Gasteiger partial charge in [0.05, 0.1) is 12.1 Å². The Hall–Kier alpha value is -0.870. The van der Waals surface area contributed by atoms with Crippen molar-refractivity contribution in [3.63, 3.8) is 0 Å². The van der Waals surface area contributed by atoms with Crippen LogP contribution >= 0.6 is 11.3 Å². The van der Waals surface area contributed by atoms with E-state index in [1.54, 1.807) is 11.3 Å². The maximum atomic E-state index is 11.7. The highest BCUT2D eigenvalue weighted by atomic mass is 32.1. The third-order valence-electron chi connectivity index (χ3n) is 3.66. The first-order valence-electron chi connectivity index (χ1n) is 5.84. The van der Waals surface area contributed by atoms with Gasteiger partial charge in [-0.05, 0) is 30.4 Å². The molecule has 1 amide bonds. The van der Waals surface area contributed by atoms with Gasteiger partial charge in [0.2, 0.25) is 5.91 Å². The van der Waals surface area contributed by atoms with Crippen molar-refractivity contribution in [3.05, 3.63) is 21.9 Å². The summed E-state index contributed by atoms with van der Waals surface area (Å²) in [7, 11) is 0. The molecule has 1 N–H and O–H groups in total. The number of aryl methyl sites for hydroxylation is 1. The molecule has 4 heteroatoms. The van der Waals surface area contributed by atoms with E-state index >= 15 is 0 Å². The number of nitrogens with one attached hydrogen (secondary N) is 1. The first-order chi connectivity index (χ1) is 7.77. The predicted molar refractivity (Wildman–Crippen MR) is 64.5 cm³/mol. The Balaban J connectivity index is 1.91. The van der Waals surface area contributed by atoms with Crippen LogP contribution in [0, 0.1) is 6.92 Å². The molecule has 0 radical (unpaired) electrons. The number of nitrogens with zero attached hydrogens (tertiary/aromatic N) is 1. The molecular formula is C12H16N2OS. The second-order valence-electron chi connectivity index (χ2n) is 4.59. The van der Waals surface area contributed by atoms with Gasteiger partial charge in [0.1, 0.15) is 0 Å². The molecule has 0 spiro atoms. The topological polar surface area (TPSA) is 32.3 Å². The number of thiophene rings is 1. The summed E-state index contributed by atoms with van der Waals surface area (Å²) in [6.45, 7) is 3.96. The van der Waals surface area contributed by atoms with Gasteiger partial charge in [-0.1, -0.05) is 0 Å². The molecule has 1 aromatic rings. The molecule has 0 saturated carbocycles. The van der Waals surface area contributed by atoms with Gasteiger partial charge in [0, 0.05) is 24.4 Å². The zero-order chi connectivity index (χ0) is 11.1. The molecule has 3 nitrogen and oxygen atoms in total. The maximum Gasteiger partial charge on any atom is 0.223 e. The molecule has 86 valence electrons. The zero-order valence-electron chi connectivity index (χ0n) is 9.40. The van der Waals surface area contributed by atoms with Crippen LogP contribution in [0.25, 0.3) is 0 Å². The standard InChI is InChI=1S/C12H16N2OS/c1-8-4-7-16-12(8)11-9-2-3-10(15)14(9)6-5-13-11/h4,7,9,11,13H,2-3,5-6H2,1H3/t9-,11?/m0/s1. The van der Waals surface area contributed by atoms with Gasteiger partial charge < -0.3 is 10.2 Å². The lowest BCUT2D eigenvalue weighted by Gasteiger charge is -2.37. The molecule has 0 aromatic carbocycles. The van der Waals surface area contributed by atoms with Crippen molar-refractivity contribution in [1.29, 1.82) is 0 Å². The summed E-state index contributed by atoms with van der Waals surface area (Å²) in [6, 6.07) is 2.91. The summed E-state index contributed by atoms with van der Waals surface area (Å²) in [6.07, 6.45) is 1.74. The Morgan fingerprint density at radius 3 is 3.19 bits per heavy atom. The van der Waals surface area contributed by atoms with Gasteiger partial charge >= 0.3 is 0 Å². The van der Waals surface area contributed by atoms with Gasteiger partial charge in [0.25, 0.3) is 0 Å².